The van der Waals surface area contributed by atoms with E-state index in [1.165, 1.54) is 12.1 Å². The average molecular weight is 278 g/mol. The van der Waals surface area contributed by atoms with Gasteiger partial charge in [0, 0.05) is 13.1 Å². The smallest absolute Gasteiger partial charge is 0.317 e. The van der Waals surface area contributed by atoms with Gasteiger partial charge in [-0.25, -0.2) is 9.18 Å². The van der Waals surface area contributed by atoms with Crippen LogP contribution in [0.25, 0.3) is 0 Å². The molecule has 0 saturated carbocycles. The highest BCUT2D eigenvalue weighted by molar-refractivity contribution is 5.75. The minimum atomic E-state index is -0.236. The number of nitrogens with one attached hydrogen (secondary N) is 1. The van der Waals surface area contributed by atoms with Gasteiger partial charge in [0.1, 0.15) is 5.82 Å². The molecule has 1 aliphatic heterocycles. The number of nitrogens with zero attached hydrogens (tertiary/aromatic N) is 1. The zero-order valence-electron chi connectivity index (χ0n) is 12.2. The summed E-state index contributed by atoms with van der Waals surface area (Å²) in [4.78, 5) is 14.1. The van der Waals surface area contributed by atoms with Gasteiger partial charge in [-0.2, -0.15) is 0 Å². The molecule has 0 spiro atoms. The molecule has 1 N–H and O–H groups in total. The Morgan fingerprint density at radius 3 is 2.75 bits per heavy atom. The molecule has 110 valence electrons. The first kappa shape index (κ1) is 14.8. The highest BCUT2D eigenvalue weighted by atomic mass is 19.1. The Labute approximate surface area is 120 Å². The summed E-state index contributed by atoms with van der Waals surface area (Å²) in [5, 5.41) is 2.98. The summed E-state index contributed by atoms with van der Waals surface area (Å²) >= 11 is 0. The standard InChI is InChI=1S/C16H23FN2O/c1-12(2)9-10-18-16(20)19-11-3-4-15(19)13-5-7-14(17)8-6-13/h5-8,12,15H,3-4,9-11H2,1-2H3,(H,18,20). The molecule has 0 aromatic heterocycles. The second-order valence-electron chi connectivity index (χ2n) is 5.82. The first-order chi connectivity index (χ1) is 9.58. The van der Waals surface area contributed by atoms with Gasteiger partial charge >= 0.3 is 6.03 Å². The van der Waals surface area contributed by atoms with Crippen LogP contribution in [0.1, 0.15) is 44.7 Å². The number of carbonyl (C=O) groups is 1. The van der Waals surface area contributed by atoms with Crippen LogP contribution < -0.4 is 5.32 Å². The molecular formula is C16H23FN2O. The number of rotatable bonds is 4. The lowest BCUT2D eigenvalue weighted by atomic mass is 10.0. The van der Waals surface area contributed by atoms with Gasteiger partial charge in [-0.15, -0.1) is 0 Å². The van der Waals surface area contributed by atoms with E-state index in [9.17, 15) is 9.18 Å². The lowest BCUT2D eigenvalue weighted by molar-refractivity contribution is 0.192. The van der Waals surface area contributed by atoms with Crippen molar-refractivity contribution in [2.75, 3.05) is 13.1 Å². The Morgan fingerprint density at radius 1 is 1.40 bits per heavy atom. The molecule has 0 bridgehead atoms. The fraction of sp³-hybridized carbons (Fsp3) is 0.562. The van der Waals surface area contributed by atoms with Crippen molar-refractivity contribution < 1.29 is 9.18 Å². The Balaban J connectivity index is 1.96. The molecule has 1 heterocycles. The molecule has 1 fully saturated rings. The SMILES string of the molecule is CC(C)CCNC(=O)N1CCCC1c1ccc(F)cc1. The summed E-state index contributed by atoms with van der Waals surface area (Å²) in [5.74, 6) is 0.349. The molecule has 1 aromatic rings. The number of carbonyl (C=O) groups excluding carboxylic acids is 1. The van der Waals surface area contributed by atoms with E-state index in [4.69, 9.17) is 0 Å². The van der Waals surface area contributed by atoms with Gasteiger partial charge < -0.3 is 10.2 Å². The van der Waals surface area contributed by atoms with Crippen molar-refractivity contribution >= 4 is 6.03 Å². The third-order valence-electron chi connectivity index (χ3n) is 3.77. The second-order valence-corrected chi connectivity index (χ2v) is 5.82. The normalized spacial score (nSPS) is 18.6. The first-order valence-corrected chi connectivity index (χ1v) is 7.38. The molecule has 1 atom stereocenters. The maximum atomic E-state index is 13.0. The van der Waals surface area contributed by atoms with E-state index in [0.717, 1.165) is 31.4 Å². The minimum Gasteiger partial charge on any atom is -0.338 e. The Morgan fingerprint density at radius 2 is 2.10 bits per heavy atom. The third kappa shape index (κ3) is 3.71. The summed E-state index contributed by atoms with van der Waals surface area (Å²) in [7, 11) is 0. The van der Waals surface area contributed by atoms with E-state index in [1.54, 1.807) is 12.1 Å². The van der Waals surface area contributed by atoms with Gasteiger partial charge in [0.05, 0.1) is 6.04 Å². The van der Waals surface area contributed by atoms with Crippen molar-refractivity contribution in [2.45, 2.75) is 39.2 Å². The van der Waals surface area contributed by atoms with E-state index in [2.05, 4.69) is 19.2 Å². The summed E-state index contributed by atoms with van der Waals surface area (Å²) in [6.07, 6.45) is 2.93. The summed E-state index contributed by atoms with van der Waals surface area (Å²) in [6, 6.07) is 6.55. The van der Waals surface area contributed by atoms with Crippen molar-refractivity contribution in [3.8, 4) is 0 Å². The molecule has 0 aliphatic carbocycles. The second kappa shape index (κ2) is 6.73. The number of halogens is 1. The van der Waals surface area contributed by atoms with Crippen LogP contribution in [-0.2, 0) is 0 Å². The Kier molecular flexibility index (Phi) is 4.99. The van der Waals surface area contributed by atoms with Crippen molar-refractivity contribution in [2.24, 2.45) is 5.92 Å². The number of benzene rings is 1. The molecule has 20 heavy (non-hydrogen) atoms. The van der Waals surface area contributed by atoms with Crippen molar-refractivity contribution in [3.63, 3.8) is 0 Å². The van der Waals surface area contributed by atoms with Crippen molar-refractivity contribution in [3.05, 3.63) is 35.6 Å². The number of hydrogen-bond acceptors (Lipinski definition) is 1. The van der Waals surface area contributed by atoms with E-state index in [1.807, 2.05) is 4.90 Å². The van der Waals surface area contributed by atoms with Gasteiger partial charge in [-0.3, -0.25) is 0 Å². The monoisotopic (exact) mass is 278 g/mol. The number of likely N-dealkylation sites (tertiary alicyclic amines) is 1. The summed E-state index contributed by atoms with van der Waals surface area (Å²) in [5.41, 5.74) is 1.02. The maximum absolute atomic E-state index is 13.0. The molecule has 1 aromatic carbocycles. The zero-order valence-corrected chi connectivity index (χ0v) is 12.2. The number of hydrogen-bond donors (Lipinski definition) is 1. The van der Waals surface area contributed by atoms with Gasteiger partial charge in [0.2, 0.25) is 0 Å². The lowest BCUT2D eigenvalue weighted by Crippen LogP contribution is -2.40. The van der Waals surface area contributed by atoms with Gasteiger partial charge in [0.25, 0.3) is 0 Å². The van der Waals surface area contributed by atoms with Crippen molar-refractivity contribution in [1.29, 1.82) is 0 Å². The van der Waals surface area contributed by atoms with E-state index < -0.39 is 0 Å². The maximum Gasteiger partial charge on any atom is 0.317 e. The van der Waals surface area contributed by atoms with E-state index in [0.29, 0.717) is 12.5 Å². The van der Waals surface area contributed by atoms with Crippen molar-refractivity contribution in [1.82, 2.24) is 10.2 Å². The van der Waals surface area contributed by atoms with Crippen LogP contribution in [0, 0.1) is 11.7 Å². The quantitative estimate of drug-likeness (QED) is 0.894. The van der Waals surface area contributed by atoms with Crippen LogP contribution in [0.3, 0.4) is 0 Å². The largest absolute Gasteiger partial charge is 0.338 e. The first-order valence-electron chi connectivity index (χ1n) is 7.38. The van der Waals surface area contributed by atoms with E-state index >= 15 is 0 Å². The molecule has 0 radical (unpaired) electrons. The van der Waals surface area contributed by atoms with Crippen LogP contribution in [0.2, 0.25) is 0 Å². The fourth-order valence-electron chi connectivity index (χ4n) is 2.61. The predicted molar refractivity (Wildman–Crippen MR) is 77.9 cm³/mol. The average Bonchev–Trinajstić information content (AvgIpc) is 2.88. The molecule has 1 saturated heterocycles. The molecule has 4 heteroatoms. The van der Waals surface area contributed by atoms with Crippen LogP contribution in [0.15, 0.2) is 24.3 Å². The highest BCUT2D eigenvalue weighted by Crippen LogP contribution is 2.31. The molecule has 2 rings (SSSR count). The molecule has 1 unspecified atom stereocenters. The minimum absolute atomic E-state index is 0.00234. The van der Waals surface area contributed by atoms with E-state index in [-0.39, 0.29) is 17.9 Å². The molecule has 2 amide bonds. The molecule has 1 aliphatic rings. The molecular weight excluding hydrogens is 255 g/mol. The number of urea groups is 1. The summed E-state index contributed by atoms with van der Waals surface area (Å²) < 4.78 is 13.0. The highest BCUT2D eigenvalue weighted by Gasteiger charge is 2.29. The van der Waals surface area contributed by atoms with Crippen LogP contribution in [0.5, 0.6) is 0 Å². The fourth-order valence-corrected chi connectivity index (χ4v) is 2.61. The number of amides is 2. The zero-order chi connectivity index (χ0) is 14.5. The summed E-state index contributed by atoms with van der Waals surface area (Å²) in [6.45, 7) is 5.77. The van der Waals surface area contributed by atoms with Gasteiger partial charge in [0.15, 0.2) is 0 Å². The Hall–Kier alpha value is -1.58. The van der Waals surface area contributed by atoms with Gasteiger partial charge in [-0.05, 0) is 42.9 Å². The van der Waals surface area contributed by atoms with Crippen LogP contribution in [-0.4, -0.2) is 24.0 Å². The van der Waals surface area contributed by atoms with Gasteiger partial charge in [-0.1, -0.05) is 26.0 Å². The van der Waals surface area contributed by atoms with Crippen LogP contribution >= 0.6 is 0 Å². The third-order valence-corrected chi connectivity index (χ3v) is 3.77. The predicted octanol–water partition coefficient (Wildman–Crippen LogP) is 3.72. The Bertz CT molecular complexity index is 444. The molecule has 3 nitrogen and oxygen atoms in total. The lowest BCUT2D eigenvalue weighted by Gasteiger charge is -2.25. The topological polar surface area (TPSA) is 32.3 Å². The van der Waals surface area contributed by atoms with Crippen LogP contribution in [0.4, 0.5) is 9.18 Å².